The molecule has 164 valence electrons. The van der Waals surface area contributed by atoms with Gasteiger partial charge in [-0.25, -0.2) is 14.5 Å². The van der Waals surface area contributed by atoms with Gasteiger partial charge in [0.15, 0.2) is 11.4 Å². The number of rotatable bonds is 4. The molecule has 7 nitrogen and oxygen atoms in total. The van der Waals surface area contributed by atoms with Gasteiger partial charge in [0.25, 0.3) is 0 Å². The molecule has 0 amide bonds. The van der Waals surface area contributed by atoms with E-state index in [9.17, 15) is 13.8 Å². The molecule has 0 aromatic carbocycles. The van der Waals surface area contributed by atoms with Crippen LogP contribution < -0.4 is 0 Å². The second-order valence-electron chi connectivity index (χ2n) is 9.72. The second kappa shape index (κ2) is 7.98. The number of fused-ring (bicyclic) bond motifs is 1. The van der Waals surface area contributed by atoms with Crippen molar-refractivity contribution in [2.24, 2.45) is 10.8 Å². The average Bonchev–Trinajstić information content (AvgIpc) is 3.00. The maximum atomic E-state index is 13.4. The summed E-state index contributed by atoms with van der Waals surface area (Å²) in [7, 11) is -1.35. The molecule has 0 aliphatic rings. The largest absolute Gasteiger partial charge is 0.465 e. The van der Waals surface area contributed by atoms with Crippen LogP contribution in [0.2, 0.25) is 0 Å². The number of hydrogen-bond donors (Lipinski definition) is 0. The summed E-state index contributed by atoms with van der Waals surface area (Å²) in [6.45, 7) is 11.4. The molecule has 2 aromatic rings. The van der Waals surface area contributed by atoms with Gasteiger partial charge in [0.05, 0.1) is 29.4 Å². The molecule has 2 rings (SSSR count). The topological polar surface area (TPSA) is 91.2 Å². The lowest BCUT2D eigenvalue weighted by atomic mass is 9.86. The Labute approximate surface area is 178 Å². The second-order valence-corrected chi connectivity index (χ2v) is 12.6. The van der Waals surface area contributed by atoms with Crippen molar-refractivity contribution < 1.29 is 18.5 Å². The van der Waals surface area contributed by atoms with Crippen LogP contribution in [0, 0.1) is 10.8 Å². The molecule has 0 radical (unpaired) electrons. The first-order valence-corrected chi connectivity index (χ1v) is 12.0. The van der Waals surface area contributed by atoms with Gasteiger partial charge < -0.3 is 4.74 Å². The van der Waals surface area contributed by atoms with Crippen molar-refractivity contribution in [3.63, 3.8) is 0 Å². The van der Waals surface area contributed by atoms with Crippen LogP contribution in [-0.4, -0.2) is 55.2 Å². The fourth-order valence-electron chi connectivity index (χ4n) is 2.89. The van der Waals surface area contributed by atoms with Crippen LogP contribution in [0.5, 0.6) is 0 Å². The smallest absolute Gasteiger partial charge is 0.339 e. The molecule has 0 atom stereocenters. The summed E-state index contributed by atoms with van der Waals surface area (Å²) in [4.78, 5) is 29.8. The first-order chi connectivity index (χ1) is 13.6. The first-order valence-electron chi connectivity index (χ1n) is 9.58. The summed E-state index contributed by atoms with van der Waals surface area (Å²) in [6.07, 6.45) is 7.99. The van der Waals surface area contributed by atoms with Crippen molar-refractivity contribution in [1.82, 2.24) is 14.8 Å². The van der Waals surface area contributed by atoms with Crippen LogP contribution in [0.15, 0.2) is 24.5 Å². The predicted molar refractivity (Wildman–Crippen MR) is 122 cm³/mol. The first kappa shape index (κ1) is 23.8. The molecule has 0 saturated carbocycles. The average molecular weight is 434 g/mol. The van der Waals surface area contributed by atoms with Gasteiger partial charge in [0.2, 0.25) is 0 Å². The lowest BCUT2D eigenvalue weighted by molar-refractivity contribution is -0.119. The minimum Gasteiger partial charge on any atom is -0.465 e. The van der Waals surface area contributed by atoms with E-state index in [4.69, 9.17) is 4.74 Å². The summed E-state index contributed by atoms with van der Waals surface area (Å²) < 4.78 is 19.6. The van der Waals surface area contributed by atoms with Crippen LogP contribution in [0.4, 0.5) is 0 Å². The Balaban J connectivity index is 2.88. The van der Waals surface area contributed by atoms with Gasteiger partial charge in [0.1, 0.15) is 0 Å². The highest BCUT2D eigenvalue weighted by atomic mass is 32.2. The van der Waals surface area contributed by atoms with E-state index in [1.54, 1.807) is 45.5 Å². The molecule has 30 heavy (non-hydrogen) atoms. The third-order valence-corrected chi connectivity index (χ3v) is 5.62. The minimum atomic E-state index is -2.65. The number of esters is 1. The van der Waals surface area contributed by atoms with Crippen LogP contribution in [0.1, 0.15) is 51.9 Å². The van der Waals surface area contributed by atoms with E-state index in [2.05, 4.69) is 10.1 Å². The number of allylic oxidation sites excluding steroid dienone is 2. The van der Waals surface area contributed by atoms with Crippen LogP contribution >= 0.6 is 0 Å². The van der Waals surface area contributed by atoms with Crippen LogP contribution in [0.3, 0.4) is 0 Å². The minimum absolute atomic E-state index is 0.206. The normalized spacial score (nSPS) is 13.4. The number of ether oxygens (including phenoxy) is 1. The highest BCUT2D eigenvalue weighted by Crippen LogP contribution is 2.28. The molecule has 0 aliphatic carbocycles. The Morgan fingerprint density at radius 1 is 1.10 bits per heavy atom. The SMILES string of the molecule is COC(=O)c1cnc2c(cnn2/C(=C/C(C)(C)C)C(C(=O)C(C)(C)C)=S(C)(C)=O)c1. The molecule has 0 spiro atoms. The van der Waals surface area contributed by atoms with Gasteiger partial charge >= 0.3 is 5.97 Å². The third-order valence-electron chi connectivity index (χ3n) is 4.24. The van der Waals surface area contributed by atoms with E-state index in [1.165, 1.54) is 18.0 Å². The summed E-state index contributed by atoms with van der Waals surface area (Å²) in [5, 5.41) is 5.05. The number of carbonyl (C=O) groups excluding carboxylic acids is 2. The summed E-state index contributed by atoms with van der Waals surface area (Å²) in [6, 6.07) is 1.63. The quantitative estimate of drug-likeness (QED) is 0.417. The molecule has 0 saturated heterocycles. The number of hydrogen-bond acceptors (Lipinski definition) is 6. The Morgan fingerprint density at radius 3 is 2.17 bits per heavy atom. The number of pyridine rings is 1. The number of methoxy groups -OCH3 is 1. The number of aromatic nitrogens is 3. The van der Waals surface area contributed by atoms with Crippen molar-refractivity contribution in [3.8, 4) is 0 Å². The number of carbonyl (C=O) groups is 2. The summed E-state index contributed by atoms with van der Waals surface area (Å²) >= 11 is 0. The van der Waals surface area contributed by atoms with Gasteiger partial charge in [-0.1, -0.05) is 47.6 Å². The van der Waals surface area contributed by atoms with Gasteiger partial charge in [-0.15, -0.1) is 0 Å². The van der Waals surface area contributed by atoms with Crippen molar-refractivity contribution in [1.29, 1.82) is 0 Å². The molecule has 0 unspecified atom stereocenters. The highest BCUT2D eigenvalue weighted by molar-refractivity contribution is 8.03. The molecule has 0 fully saturated rings. The maximum Gasteiger partial charge on any atom is 0.339 e. The Kier molecular flexibility index (Phi) is 6.33. The lowest BCUT2D eigenvalue weighted by Crippen LogP contribution is -2.35. The monoisotopic (exact) mass is 433 g/mol. The molecule has 0 aliphatic heterocycles. The van der Waals surface area contributed by atoms with Crippen molar-refractivity contribution in [3.05, 3.63) is 30.1 Å². The zero-order chi connectivity index (χ0) is 23.1. The van der Waals surface area contributed by atoms with Gasteiger partial charge in [-0.2, -0.15) is 5.10 Å². The molecule has 8 heteroatoms. The van der Waals surface area contributed by atoms with E-state index in [0.29, 0.717) is 22.3 Å². The fraction of sp³-hybridized carbons (Fsp3) is 0.500. The Hall–Kier alpha value is -2.48. The van der Waals surface area contributed by atoms with Crippen LogP contribution in [0.25, 0.3) is 16.7 Å². The van der Waals surface area contributed by atoms with Crippen molar-refractivity contribution in [2.75, 3.05) is 19.6 Å². The summed E-state index contributed by atoms with van der Waals surface area (Å²) in [5.41, 5.74) is 0.158. The van der Waals surface area contributed by atoms with Crippen molar-refractivity contribution >= 4 is 42.9 Å². The zero-order valence-corrected chi connectivity index (χ0v) is 20.0. The summed E-state index contributed by atoms with van der Waals surface area (Å²) in [5.74, 6) is -0.703. The van der Waals surface area contributed by atoms with Gasteiger partial charge in [-0.05, 0) is 21.0 Å². The van der Waals surface area contributed by atoms with E-state index >= 15 is 0 Å². The molecule has 2 heterocycles. The predicted octanol–water partition coefficient (Wildman–Crippen LogP) is 3.44. The van der Waals surface area contributed by atoms with Crippen LogP contribution in [-0.2, 0) is 19.1 Å². The maximum absolute atomic E-state index is 13.4. The van der Waals surface area contributed by atoms with E-state index in [0.717, 1.165) is 0 Å². The molecule has 0 N–H and O–H groups in total. The van der Waals surface area contributed by atoms with E-state index in [-0.39, 0.29) is 16.1 Å². The molecule has 2 aromatic heterocycles. The standard InChI is InChI=1S/C22H31N3O4S/c1-21(2,3)11-16(17(30(8,9)28)18(26)22(4,5)6)25-19-14(13-24-25)10-15(12-23-19)20(27)29-7/h10-13H,1-9H3/b16-11+. The number of nitrogens with zero attached hydrogens (tertiary/aromatic N) is 3. The van der Waals surface area contributed by atoms with Gasteiger partial charge in [-0.3, -0.25) is 9.00 Å². The van der Waals surface area contributed by atoms with Gasteiger partial charge in [0, 0.05) is 29.5 Å². The van der Waals surface area contributed by atoms with E-state index in [1.807, 2.05) is 26.8 Å². The Morgan fingerprint density at radius 2 is 1.70 bits per heavy atom. The lowest BCUT2D eigenvalue weighted by Gasteiger charge is -2.24. The number of ketones is 1. The molecule has 0 bridgehead atoms. The van der Waals surface area contributed by atoms with E-state index < -0.39 is 20.9 Å². The molecular weight excluding hydrogens is 402 g/mol. The highest BCUT2D eigenvalue weighted by Gasteiger charge is 2.33. The third kappa shape index (κ3) is 5.16. The molecular formula is C22H31N3O4S. The zero-order valence-electron chi connectivity index (χ0n) is 19.2. The number of Topliss-reactive ketones (excluding diaryl/α,β-unsaturated/α-hetero) is 1. The fourth-order valence-corrected chi connectivity index (χ4v) is 4.29. The van der Waals surface area contributed by atoms with Crippen molar-refractivity contribution in [2.45, 2.75) is 41.5 Å². The Bertz CT molecular complexity index is 1140.